The van der Waals surface area contributed by atoms with Crippen LogP contribution in [-0.4, -0.2) is 33.9 Å². The van der Waals surface area contributed by atoms with Crippen LogP contribution in [0.25, 0.3) is 0 Å². The van der Waals surface area contributed by atoms with Crippen LogP contribution in [0.3, 0.4) is 0 Å². The van der Waals surface area contributed by atoms with Crippen LogP contribution in [0.1, 0.15) is 20.8 Å². The molecule has 0 aromatic heterocycles. The smallest absolute Gasteiger partial charge is 0.417 e. The molecule has 0 aromatic rings. The van der Waals surface area contributed by atoms with Gasteiger partial charge in [-0.15, -0.1) is 0 Å². The van der Waals surface area contributed by atoms with Crippen molar-refractivity contribution >= 4 is 27.9 Å². The van der Waals surface area contributed by atoms with Gasteiger partial charge in [-0.05, 0) is 20.8 Å². The lowest BCUT2D eigenvalue weighted by Gasteiger charge is -2.28. The maximum Gasteiger partial charge on any atom is 0.417 e. The Morgan fingerprint density at radius 1 is 1.60 bits per heavy atom. The van der Waals surface area contributed by atoms with Crippen LogP contribution < -0.4 is 0 Å². The van der Waals surface area contributed by atoms with Crippen LogP contribution in [0.15, 0.2) is 12.2 Å². The van der Waals surface area contributed by atoms with Gasteiger partial charge < -0.3 is 4.74 Å². The number of amides is 2. The van der Waals surface area contributed by atoms with Gasteiger partial charge in [0.2, 0.25) is 0 Å². The molecule has 0 fully saturated rings. The van der Waals surface area contributed by atoms with Gasteiger partial charge in [0, 0.05) is 12.6 Å². The van der Waals surface area contributed by atoms with E-state index in [1.807, 2.05) is 0 Å². The first-order chi connectivity index (χ1) is 6.79. The quantitative estimate of drug-likeness (QED) is 0.636. The summed E-state index contributed by atoms with van der Waals surface area (Å²) in [6, 6.07) is 0. The highest BCUT2D eigenvalue weighted by Gasteiger charge is 2.29. The second kappa shape index (κ2) is 4.35. The minimum atomic E-state index is -0.596. The van der Waals surface area contributed by atoms with E-state index in [0.717, 1.165) is 4.90 Å². The van der Waals surface area contributed by atoms with E-state index in [1.54, 1.807) is 26.8 Å². The van der Waals surface area contributed by atoms with E-state index in [9.17, 15) is 9.59 Å². The van der Waals surface area contributed by atoms with Crippen LogP contribution in [0, 0.1) is 0 Å². The second-order valence-electron chi connectivity index (χ2n) is 4.30. The number of carbonyl (C=O) groups excluding carboxylic acids is 2. The molecule has 0 bridgehead atoms. The maximum absolute atomic E-state index is 11.6. The highest BCUT2D eigenvalue weighted by Crippen LogP contribution is 2.15. The van der Waals surface area contributed by atoms with Crippen molar-refractivity contribution < 1.29 is 14.3 Å². The Kier molecular flexibility index (Phi) is 3.54. The molecule has 0 radical (unpaired) electrons. The Labute approximate surface area is 97.4 Å². The number of halogens is 1. The van der Waals surface area contributed by atoms with E-state index in [4.69, 9.17) is 4.74 Å². The summed E-state index contributed by atoms with van der Waals surface area (Å²) < 4.78 is 5.11. The number of alkyl halides is 1. The van der Waals surface area contributed by atoms with Crippen LogP contribution >= 0.6 is 15.9 Å². The van der Waals surface area contributed by atoms with E-state index in [0.29, 0.717) is 6.54 Å². The van der Waals surface area contributed by atoms with E-state index >= 15 is 0 Å². The topological polar surface area (TPSA) is 46.6 Å². The predicted molar refractivity (Wildman–Crippen MR) is 59.8 cm³/mol. The van der Waals surface area contributed by atoms with E-state index < -0.39 is 11.7 Å². The molecule has 1 aliphatic rings. The number of carbonyl (C=O) groups is 2. The van der Waals surface area contributed by atoms with Gasteiger partial charge in [-0.3, -0.25) is 4.79 Å². The fraction of sp³-hybridized carbons (Fsp3) is 0.600. The Morgan fingerprint density at radius 2 is 2.20 bits per heavy atom. The fourth-order valence-electron chi connectivity index (χ4n) is 1.08. The van der Waals surface area contributed by atoms with Crippen molar-refractivity contribution in [2.45, 2.75) is 31.2 Å². The fourth-order valence-corrected chi connectivity index (χ4v) is 1.53. The Bertz CT molecular complexity index is 306. The van der Waals surface area contributed by atoms with Gasteiger partial charge in [0.25, 0.3) is 5.91 Å². The molecule has 0 aromatic carbocycles. The number of ether oxygens (including phenoxy) is 1. The van der Waals surface area contributed by atoms with Crippen LogP contribution in [0.5, 0.6) is 0 Å². The third-order valence-electron chi connectivity index (χ3n) is 1.68. The molecule has 0 N–H and O–H groups in total. The second-order valence-corrected chi connectivity index (χ2v) is 5.48. The summed E-state index contributed by atoms with van der Waals surface area (Å²) in [7, 11) is 0. The van der Waals surface area contributed by atoms with Crippen LogP contribution in [0.4, 0.5) is 4.79 Å². The lowest BCUT2D eigenvalue weighted by molar-refractivity contribution is -0.125. The number of hydrogen-bond acceptors (Lipinski definition) is 3. The summed E-state index contributed by atoms with van der Waals surface area (Å²) in [5, 5.41) is 0. The summed E-state index contributed by atoms with van der Waals surface area (Å²) >= 11 is 3.32. The first-order valence-corrected chi connectivity index (χ1v) is 5.58. The summed E-state index contributed by atoms with van der Waals surface area (Å²) in [5.41, 5.74) is -0.583. The minimum absolute atomic E-state index is 0.00252. The Hall–Kier alpha value is -0.840. The lowest BCUT2D eigenvalue weighted by Crippen LogP contribution is -2.44. The zero-order valence-corrected chi connectivity index (χ0v) is 10.6. The zero-order chi connectivity index (χ0) is 11.6. The SMILES string of the molecule is CC(C)(C)OC(=O)N1CC(Br)C=CC1=O. The molecule has 1 heterocycles. The van der Waals surface area contributed by atoms with Gasteiger partial charge in [-0.1, -0.05) is 22.0 Å². The van der Waals surface area contributed by atoms with Crippen molar-refractivity contribution in [3.63, 3.8) is 0 Å². The average Bonchev–Trinajstić information content (AvgIpc) is 2.06. The largest absolute Gasteiger partial charge is 0.443 e. The van der Waals surface area contributed by atoms with Gasteiger partial charge in [0.05, 0.1) is 4.83 Å². The molecule has 1 rings (SSSR count). The van der Waals surface area contributed by atoms with Gasteiger partial charge in [0.15, 0.2) is 0 Å². The van der Waals surface area contributed by atoms with Crippen molar-refractivity contribution in [1.82, 2.24) is 4.90 Å². The molecule has 15 heavy (non-hydrogen) atoms. The molecular formula is C10H14BrNO3. The van der Waals surface area contributed by atoms with E-state index in [2.05, 4.69) is 15.9 Å². The molecule has 0 saturated carbocycles. The number of rotatable bonds is 0. The predicted octanol–water partition coefficient (Wildman–Crippen LogP) is 2.08. The molecule has 2 amide bonds. The molecule has 0 spiro atoms. The summed E-state index contributed by atoms with van der Waals surface area (Å²) in [6.07, 6.45) is 2.48. The van der Waals surface area contributed by atoms with Crippen molar-refractivity contribution in [2.24, 2.45) is 0 Å². The maximum atomic E-state index is 11.6. The Balaban J connectivity index is 2.68. The highest BCUT2D eigenvalue weighted by molar-refractivity contribution is 9.09. The minimum Gasteiger partial charge on any atom is -0.443 e. The average molecular weight is 276 g/mol. The molecule has 84 valence electrons. The first kappa shape index (κ1) is 12.2. The molecule has 0 saturated heterocycles. The standard InChI is InChI=1S/C10H14BrNO3/c1-10(2,3)15-9(14)12-6-7(11)4-5-8(12)13/h4-5,7H,6H2,1-3H3. The summed E-state index contributed by atoms with van der Waals surface area (Å²) in [4.78, 5) is 24.1. The molecular weight excluding hydrogens is 262 g/mol. The molecule has 1 unspecified atom stereocenters. The normalized spacial score (nSPS) is 21.7. The molecule has 1 atom stereocenters. The van der Waals surface area contributed by atoms with Crippen molar-refractivity contribution in [3.05, 3.63) is 12.2 Å². The van der Waals surface area contributed by atoms with Crippen molar-refractivity contribution in [1.29, 1.82) is 0 Å². The molecule has 0 aliphatic carbocycles. The van der Waals surface area contributed by atoms with Crippen molar-refractivity contribution in [2.75, 3.05) is 6.54 Å². The van der Waals surface area contributed by atoms with Crippen LogP contribution in [0.2, 0.25) is 0 Å². The zero-order valence-electron chi connectivity index (χ0n) is 8.99. The highest BCUT2D eigenvalue weighted by atomic mass is 79.9. The van der Waals surface area contributed by atoms with E-state index in [-0.39, 0.29) is 10.7 Å². The Morgan fingerprint density at radius 3 is 2.73 bits per heavy atom. The van der Waals surface area contributed by atoms with Gasteiger partial charge in [-0.25, -0.2) is 9.69 Å². The van der Waals surface area contributed by atoms with Crippen molar-refractivity contribution in [3.8, 4) is 0 Å². The third kappa shape index (κ3) is 3.66. The molecule has 5 heteroatoms. The lowest BCUT2D eigenvalue weighted by atomic mass is 10.2. The van der Waals surface area contributed by atoms with E-state index in [1.165, 1.54) is 6.08 Å². The molecule has 1 aliphatic heterocycles. The summed E-state index contributed by atoms with van der Waals surface area (Å²) in [5.74, 6) is -0.333. The van der Waals surface area contributed by atoms with Gasteiger partial charge in [0.1, 0.15) is 5.60 Å². The number of hydrogen-bond donors (Lipinski definition) is 0. The van der Waals surface area contributed by atoms with Gasteiger partial charge >= 0.3 is 6.09 Å². The van der Waals surface area contributed by atoms with Crippen LogP contribution in [-0.2, 0) is 9.53 Å². The molecule has 4 nitrogen and oxygen atoms in total. The first-order valence-electron chi connectivity index (χ1n) is 4.66. The number of imide groups is 1. The number of nitrogens with zero attached hydrogens (tertiary/aromatic N) is 1. The monoisotopic (exact) mass is 275 g/mol. The van der Waals surface area contributed by atoms with Gasteiger partial charge in [-0.2, -0.15) is 0 Å². The summed E-state index contributed by atoms with van der Waals surface area (Å²) in [6.45, 7) is 5.60. The third-order valence-corrected chi connectivity index (χ3v) is 2.28.